The summed E-state index contributed by atoms with van der Waals surface area (Å²) in [6.45, 7) is 1.60. The van der Waals surface area contributed by atoms with Gasteiger partial charge in [0.15, 0.2) is 0 Å². The van der Waals surface area contributed by atoms with Crippen molar-refractivity contribution in [3.8, 4) is 0 Å². The second-order valence-electron chi connectivity index (χ2n) is 3.73. The van der Waals surface area contributed by atoms with Crippen molar-refractivity contribution in [3.63, 3.8) is 0 Å². The third-order valence-electron chi connectivity index (χ3n) is 2.45. The van der Waals surface area contributed by atoms with Gasteiger partial charge in [-0.3, -0.25) is 4.79 Å². The van der Waals surface area contributed by atoms with E-state index in [0.717, 1.165) is 4.90 Å². The van der Waals surface area contributed by atoms with Crippen LogP contribution in [-0.4, -0.2) is 46.6 Å². The van der Waals surface area contributed by atoms with Crippen LogP contribution in [0.15, 0.2) is 5.11 Å². The molecule has 0 aromatic rings. The van der Waals surface area contributed by atoms with Crippen LogP contribution in [0.1, 0.15) is 13.3 Å². The second-order valence-corrected chi connectivity index (χ2v) is 3.73. The maximum atomic E-state index is 11.6. The highest BCUT2D eigenvalue weighted by Gasteiger charge is 2.39. The van der Waals surface area contributed by atoms with Gasteiger partial charge in [-0.2, -0.15) is 0 Å². The Morgan fingerprint density at radius 1 is 1.69 bits per heavy atom. The lowest BCUT2D eigenvalue weighted by atomic mass is 10.2. The Labute approximate surface area is 91.6 Å². The number of hydrogen-bond donors (Lipinski definition) is 2. The van der Waals surface area contributed by atoms with Crippen LogP contribution >= 0.6 is 0 Å². The standard InChI is InChI=1S/C8H13N5O3/c1-4(9)7(14)13-3-5(11-12-10)2-6(13)8(15)16/h4-6H,2-3,9H2,1H3,(H,15,16)/t4-,5?,6-/m0/s1. The van der Waals surface area contributed by atoms with E-state index in [1.54, 1.807) is 0 Å². The molecule has 1 heterocycles. The first-order valence-corrected chi connectivity index (χ1v) is 4.80. The maximum absolute atomic E-state index is 11.6. The van der Waals surface area contributed by atoms with Gasteiger partial charge in [0.05, 0.1) is 12.1 Å². The quantitative estimate of drug-likeness (QED) is 0.389. The van der Waals surface area contributed by atoms with Crippen molar-refractivity contribution in [1.82, 2.24) is 4.90 Å². The summed E-state index contributed by atoms with van der Waals surface area (Å²) in [6.07, 6.45) is 0.137. The third-order valence-corrected chi connectivity index (χ3v) is 2.45. The molecule has 16 heavy (non-hydrogen) atoms. The molecule has 0 bridgehead atoms. The minimum Gasteiger partial charge on any atom is -0.480 e. The Balaban J connectivity index is 2.85. The Kier molecular flexibility index (Phi) is 3.70. The van der Waals surface area contributed by atoms with Crippen molar-refractivity contribution in [3.05, 3.63) is 10.4 Å². The average molecular weight is 227 g/mol. The lowest BCUT2D eigenvalue weighted by Gasteiger charge is -2.23. The zero-order chi connectivity index (χ0) is 12.3. The SMILES string of the molecule is C[C@H](N)C(=O)N1CC(N=[N+]=[N-])C[C@H]1C(=O)O. The molecule has 0 aromatic heterocycles. The molecular weight excluding hydrogens is 214 g/mol. The van der Waals surface area contributed by atoms with Gasteiger partial charge in [-0.25, -0.2) is 4.79 Å². The fraction of sp³-hybridized carbons (Fsp3) is 0.750. The number of likely N-dealkylation sites (tertiary alicyclic amines) is 1. The van der Waals surface area contributed by atoms with E-state index in [9.17, 15) is 9.59 Å². The lowest BCUT2D eigenvalue weighted by molar-refractivity contribution is -0.148. The predicted octanol–water partition coefficient (Wildman–Crippen LogP) is -0.302. The van der Waals surface area contributed by atoms with E-state index < -0.39 is 30.0 Å². The summed E-state index contributed by atoms with van der Waals surface area (Å²) in [6, 6.07) is -2.20. The minimum absolute atomic E-state index is 0.113. The zero-order valence-corrected chi connectivity index (χ0v) is 8.78. The minimum atomic E-state index is -1.11. The van der Waals surface area contributed by atoms with Crippen LogP contribution in [0.25, 0.3) is 10.4 Å². The summed E-state index contributed by atoms with van der Waals surface area (Å²) >= 11 is 0. The maximum Gasteiger partial charge on any atom is 0.326 e. The van der Waals surface area contributed by atoms with E-state index in [0.29, 0.717) is 0 Å². The van der Waals surface area contributed by atoms with Gasteiger partial charge < -0.3 is 15.7 Å². The number of rotatable bonds is 3. The number of carboxylic acid groups (broad SMARTS) is 1. The molecule has 1 fully saturated rings. The molecule has 0 saturated carbocycles. The summed E-state index contributed by atoms with van der Waals surface area (Å²) in [5, 5.41) is 12.4. The number of carboxylic acids is 1. The van der Waals surface area contributed by atoms with Gasteiger partial charge in [-0.1, -0.05) is 5.11 Å². The summed E-state index contributed by atoms with van der Waals surface area (Å²) < 4.78 is 0. The smallest absolute Gasteiger partial charge is 0.326 e. The first-order chi connectivity index (χ1) is 7.47. The van der Waals surface area contributed by atoms with Gasteiger partial charge in [0.1, 0.15) is 6.04 Å². The third kappa shape index (κ3) is 2.41. The van der Waals surface area contributed by atoms with Gasteiger partial charge in [0, 0.05) is 11.5 Å². The highest BCUT2D eigenvalue weighted by atomic mass is 16.4. The number of nitrogens with zero attached hydrogens (tertiary/aromatic N) is 4. The molecule has 1 saturated heterocycles. The molecule has 1 aliphatic heterocycles. The molecule has 0 spiro atoms. The van der Waals surface area contributed by atoms with Crippen molar-refractivity contribution < 1.29 is 14.7 Å². The largest absolute Gasteiger partial charge is 0.480 e. The number of nitrogens with two attached hydrogens (primary N) is 1. The normalized spacial score (nSPS) is 26.0. The molecule has 1 rings (SSSR count). The Hall–Kier alpha value is -1.79. The van der Waals surface area contributed by atoms with Crippen molar-refractivity contribution in [2.75, 3.05) is 6.54 Å². The van der Waals surface area contributed by atoms with Crippen LogP contribution in [0, 0.1) is 0 Å². The summed E-state index contributed by atoms with van der Waals surface area (Å²) in [5.74, 6) is -1.55. The molecule has 88 valence electrons. The molecule has 3 atom stereocenters. The molecule has 8 heteroatoms. The van der Waals surface area contributed by atoms with E-state index in [-0.39, 0.29) is 13.0 Å². The monoisotopic (exact) mass is 227 g/mol. The van der Waals surface area contributed by atoms with E-state index in [4.69, 9.17) is 16.4 Å². The molecular formula is C8H13N5O3. The Bertz CT molecular complexity index is 350. The molecule has 0 aliphatic carbocycles. The fourth-order valence-electron chi connectivity index (χ4n) is 1.71. The second kappa shape index (κ2) is 4.82. The van der Waals surface area contributed by atoms with Gasteiger partial charge in [0.25, 0.3) is 0 Å². The lowest BCUT2D eigenvalue weighted by Crippen LogP contribution is -2.47. The first kappa shape index (κ1) is 12.3. The molecule has 1 aliphatic rings. The molecule has 0 radical (unpaired) electrons. The zero-order valence-electron chi connectivity index (χ0n) is 8.78. The topological polar surface area (TPSA) is 132 Å². The summed E-state index contributed by atoms with van der Waals surface area (Å²) in [7, 11) is 0. The summed E-state index contributed by atoms with van der Waals surface area (Å²) in [5.41, 5.74) is 13.7. The van der Waals surface area contributed by atoms with Gasteiger partial charge in [-0.05, 0) is 18.9 Å². The first-order valence-electron chi connectivity index (χ1n) is 4.80. The number of carbonyl (C=O) groups is 2. The number of carbonyl (C=O) groups excluding carboxylic acids is 1. The van der Waals surface area contributed by atoms with E-state index in [2.05, 4.69) is 10.0 Å². The molecule has 1 unspecified atom stereocenters. The van der Waals surface area contributed by atoms with Crippen LogP contribution in [0.4, 0.5) is 0 Å². The number of amides is 1. The van der Waals surface area contributed by atoms with Gasteiger partial charge in [-0.15, -0.1) is 0 Å². The van der Waals surface area contributed by atoms with Crippen LogP contribution < -0.4 is 5.73 Å². The highest BCUT2D eigenvalue weighted by molar-refractivity contribution is 5.87. The van der Waals surface area contributed by atoms with Crippen LogP contribution in [0.2, 0.25) is 0 Å². The van der Waals surface area contributed by atoms with Crippen LogP contribution in [-0.2, 0) is 9.59 Å². The number of aliphatic carboxylic acids is 1. The van der Waals surface area contributed by atoms with Crippen molar-refractivity contribution in [2.24, 2.45) is 10.8 Å². The van der Waals surface area contributed by atoms with Crippen LogP contribution in [0.5, 0.6) is 0 Å². The molecule has 0 aromatic carbocycles. The average Bonchev–Trinajstić information content (AvgIpc) is 2.61. The van der Waals surface area contributed by atoms with E-state index >= 15 is 0 Å². The van der Waals surface area contributed by atoms with E-state index in [1.807, 2.05) is 0 Å². The Morgan fingerprint density at radius 2 is 2.31 bits per heavy atom. The van der Waals surface area contributed by atoms with Crippen molar-refractivity contribution in [1.29, 1.82) is 0 Å². The molecule has 1 amide bonds. The van der Waals surface area contributed by atoms with Crippen molar-refractivity contribution in [2.45, 2.75) is 31.5 Å². The molecule has 8 nitrogen and oxygen atoms in total. The van der Waals surface area contributed by atoms with E-state index in [1.165, 1.54) is 6.92 Å². The van der Waals surface area contributed by atoms with Gasteiger partial charge in [0.2, 0.25) is 5.91 Å². The van der Waals surface area contributed by atoms with Crippen molar-refractivity contribution >= 4 is 11.9 Å². The fourth-order valence-corrected chi connectivity index (χ4v) is 1.71. The summed E-state index contributed by atoms with van der Waals surface area (Å²) in [4.78, 5) is 26.3. The highest BCUT2D eigenvalue weighted by Crippen LogP contribution is 2.21. The predicted molar refractivity (Wildman–Crippen MR) is 54.3 cm³/mol. The molecule has 3 N–H and O–H groups in total. The number of azide groups is 1. The Morgan fingerprint density at radius 3 is 2.75 bits per heavy atom. The van der Waals surface area contributed by atoms with Gasteiger partial charge >= 0.3 is 5.97 Å². The number of hydrogen-bond acceptors (Lipinski definition) is 4. The van der Waals surface area contributed by atoms with Crippen LogP contribution in [0.3, 0.4) is 0 Å².